The molecule has 16 heavy (non-hydrogen) atoms. The van der Waals surface area contributed by atoms with E-state index in [0.29, 0.717) is 12.0 Å². The molecule has 3 nitrogen and oxygen atoms in total. The molecule has 0 bridgehead atoms. The summed E-state index contributed by atoms with van der Waals surface area (Å²) in [6, 6.07) is 8.13. The minimum atomic E-state index is 0.395. The first-order valence-electron chi connectivity index (χ1n) is 5.57. The van der Waals surface area contributed by atoms with Gasteiger partial charge in [-0.2, -0.15) is 0 Å². The van der Waals surface area contributed by atoms with Crippen LogP contribution in [-0.4, -0.2) is 18.5 Å². The van der Waals surface area contributed by atoms with Gasteiger partial charge in [-0.15, -0.1) is 0 Å². The van der Waals surface area contributed by atoms with Crippen LogP contribution in [0.3, 0.4) is 0 Å². The maximum absolute atomic E-state index is 5.91. The molecule has 0 saturated heterocycles. The Balaban J connectivity index is 2.23. The van der Waals surface area contributed by atoms with Gasteiger partial charge in [-0.05, 0) is 30.7 Å². The molecule has 0 amide bonds. The third-order valence-corrected chi connectivity index (χ3v) is 3.05. The van der Waals surface area contributed by atoms with Gasteiger partial charge in [0.2, 0.25) is 0 Å². The van der Waals surface area contributed by atoms with E-state index in [1.165, 1.54) is 0 Å². The Labute approximate surface area is 101 Å². The second-order valence-corrected chi connectivity index (χ2v) is 4.42. The zero-order valence-electron chi connectivity index (χ0n) is 9.36. The summed E-state index contributed by atoms with van der Waals surface area (Å²) < 4.78 is 0. The number of hydrogen-bond donors (Lipinski definition) is 1. The zero-order chi connectivity index (χ0) is 11.5. The third-order valence-electron chi connectivity index (χ3n) is 2.80. The topological polar surface area (TPSA) is 41.6 Å². The van der Waals surface area contributed by atoms with Crippen molar-refractivity contribution in [2.24, 2.45) is 10.7 Å². The number of anilines is 1. The number of guanidine groups is 1. The fourth-order valence-corrected chi connectivity index (χ4v) is 2.17. The highest BCUT2D eigenvalue weighted by Gasteiger charge is 2.26. The molecule has 1 aromatic rings. The van der Waals surface area contributed by atoms with Crippen molar-refractivity contribution in [3.8, 4) is 0 Å². The molecule has 86 valence electrons. The van der Waals surface area contributed by atoms with E-state index >= 15 is 0 Å². The second-order valence-electron chi connectivity index (χ2n) is 3.99. The van der Waals surface area contributed by atoms with Gasteiger partial charge in [-0.3, -0.25) is 4.99 Å². The average molecular weight is 238 g/mol. The summed E-state index contributed by atoms with van der Waals surface area (Å²) in [7, 11) is 0. The molecule has 1 heterocycles. The lowest BCUT2D eigenvalue weighted by Crippen LogP contribution is -2.40. The molecule has 0 fully saturated rings. The van der Waals surface area contributed by atoms with Gasteiger partial charge in [0.15, 0.2) is 5.96 Å². The first-order valence-corrected chi connectivity index (χ1v) is 5.95. The maximum atomic E-state index is 5.91. The van der Waals surface area contributed by atoms with E-state index in [4.69, 9.17) is 17.3 Å². The van der Waals surface area contributed by atoms with Gasteiger partial charge in [0.05, 0.1) is 12.6 Å². The van der Waals surface area contributed by atoms with Gasteiger partial charge in [0, 0.05) is 10.7 Å². The molecule has 1 aromatic carbocycles. The summed E-state index contributed by atoms with van der Waals surface area (Å²) in [6.07, 6.45) is 2.24. The monoisotopic (exact) mass is 237 g/mol. The van der Waals surface area contributed by atoms with Gasteiger partial charge in [-0.25, -0.2) is 0 Å². The molecule has 0 spiro atoms. The Hall–Kier alpha value is -1.22. The zero-order valence-corrected chi connectivity index (χ0v) is 10.1. The Morgan fingerprint density at radius 3 is 2.75 bits per heavy atom. The lowest BCUT2D eigenvalue weighted by molar-refractivity contribution is 0.632. The van der Waals surface area contributed by atoms with Crippen molar-refractivity contribution in [2.45, 2.75) is 25.8 Å². The molecule has 1 aliphatic heterocycles. The quantitative estimate of drug-likeness (QED) is 0.878. The van der Waals surface area contributed by atoms with Crippen LogP contribution >= 0.6 is 11.6 Å². The summed E-state index contributed by atoms with van der Waals surface area (Å²) >= 11 is 5.87. The number of halogens is 1. The summed E-state index contributed by atoms with van der Waals surface area (Å²) in [4.78, 5) is 6.40. The third kappa shape index (κ3) is 2.14. The lowest BCUT2D eigenvalue weighted by atomic mass is 10.1. The smallest absolute Gasteiger partial charge is 0.196 e. The van der Waals surface area contributed by atoms with Gasteiger partial charge in [0.25, 0.3) is 0 Å². The van der Waals surface area contributed by atoms with E-state index < -0.39 is 0 Å². The number of aliphatic imine (C=N–C) groups is 1. The molecule has 4 heteroatoms. The number of benzene rings is 1. The van der Waals surface area contributed by atoms with Crippen LogP contribution in [0.15, 0.2) is 29.3 Å². The maximum Gasteiger partial charge on any atom is 0.196 e. The van der Waals surface area contributed by atoms with Crippen LogP contribution in [0, 0.1) is 0 Å². The summed E-state index contributed by atoms with van der Waals surface area (Å²) in [5, 5.41) is 0.741. The van der Waals surface area contributed by atoms with Crippen molar-refractivity contribution >= 4 is 23.2 Å². The van der Waals surface area contributed by atoms with E-state index in [9.17, 15) is 0 Å². The predicted molar refractivity (Wildman–Crippen MR) is 69.1 cm³/mol. The predicted octanol–water partition coefficient (Wildman–Crippen LogP) is 2.64. The normalized spacial score (nSPS) is 20.0. The highest BCUT2D eigenvalue weighted by molar-refractivity contribution is 6.30. The van der Waals surface area contributed by atoms with E-state index in [1.54, 1.807) is 0 Å². The Kier molecular flexibility index (Phi) is 3.34. The highest BCUT2D eigenvalue weighted by atomic mass is 35.5. The van der Waals surface area contributed by atoms with Gasteiger partial charge in [-0.1, -0.05) is 24.9 Å². The largest absolute Gasteiger partial charge is 0.370 e. The molecular weight excluding hydrogens is 222 g/mol. The Bertz CT molecular complexity index is 386. The lowest BCUT2D eigenvalue weighted by Gasteiger charge is -2.26. The van der Waals surface area contributed by atoms with Crippen LogP contribution in [0.5, 0.6) is 0 Å². The Morgan fingerprint density at radius 1 is 1.44 bits per heavy atom. The fourth-order valence-electron chi connectivity index (χ4n) is 2.04. The summed E-state index contributed by atoms with van der Waals surface area (Å²) in [5.41, 5.74) is 6.98. The van der Waals surface area contributed by atoms with Crippen molar-refractivity contribution in [2.75, 3.05) is 11.4 Å². The molecule has 1 unspecified atom stereocenters. The molecule has 0 aromatic heterocycles. The van der Waals surface area contributed by atoms with Gasteiger partial charge in [0.1, 0.15) is 0 Å². The average Bonchev–Trinajstić information content (AvgIpc) is 2.62. The first kappa shape index (κ1) is 11.3. The van der Waals surface area contributed by atoms with Crippen molar-refractivity contribution < 1.29 is 0 Å². The van der Waals surface area contributed by atoms with Gasteiger partial charge < -0.3 is 10.6 Å². The van der Waals surface area contributed by atoms with Crippen molar-refractivity contribution in [3.05, 3.63) is 29.3 Å². The van der Waals surface area contributed by atoms with E-state index in [1.807, 2.05) is 24.3 Å². The van der Waals surface area contributed by atoms with Gasteiger partial charge >= 0.3 is 0 Å². The minimum absolute atomic E-state index is 0.395. The molecule has 2 rings (SSSR count). The molecule has 0 saturated carbocycles. The number of nitrogens with two attached hydrogens (primary N) is 1. The molecule has 0 radical (unpaired) electrons. The van der Waals surface area contributed by atoms with E-state index in [-0.39, 0.29) is 0 Å². The minimum Gasteiger partial charge on any atom is -0.370 e. The molecule has 0 aliphatic carbocycles. The standard InChI is InChI=1S/C12H16ClN3/c1-2-3-11-8-15-12(14)16(11)10-6-4-9(13)5-7-10/h4-7,11H,2-3,8H2,1H3,(H2,14,15). The Morgan fingerprint density at radius 2 is 2.12 bits per heavy atom. The SMILES string of the molecule is CCCC1CN=C(N)N1c1ccc(Cl)cc1. The van der Waals surface area contributed by atoms with Crippen LogP contribution in [0.1, 0.15) is 19.8 Å². The van der Waals surface area contributed by atoms with Crippen molar-refractivity contribution in [1.82, 2.24) is 0 Å². The summed E-state index contributed by atoms with van der Waals surface area (Å²) in [6.45, 7) is 2.97. The molecule has 2 N–H and O–H groups in total. The van der Waals surface area contributed by atoms with Crippen molar-refractivity contribution in [1.29, 1.82) is 0 Å². The first-order chi connectivity index (χ1) is 7.72. The number of hydrogen-bond acceptors (Lipinski definition) is 3. The molecular formula is C12H16ClN3. The fraction of sp³-hybridized carbons (Fsp3) is 0.417. The second kappa shape index (κ2) is 4.74. The van der Waals surface area contributed by atoms with Crippen LogP contribution in [0.2, 0.25) is 5.02 Å². The van der Waals surface area contributed by atoms with Crippen LogP contribution in [-0.2, 0) is 0 Å². The van der Waals surface area contributed by atoms with Crippen LogP contribution in [0.4, 0.5) is 5.69 Å². The molecule has 1 aliphatic rings. The highest BCUT2D eigenvalue weighted by Crippen LogP contribution is 2.24. The van der Waals surface area contributed by atoms with Crippen LogP contribution in [0.25, 0.3) is 0 Å². The molecule has 1 atom stereocenters. The van der Waals surface area contributed by atoms with Crippen LogP contribution < -0.4 is 10.6 Å². The van der Waals surface area contributed by atoms with E-state index in [0.717, 1.165) is 30.1 Å². The van der Waals surface area contributed by atoms with Crippen molar-refractivity contribution in [3.63, 3.8) is 0 Å². The van der Waals surface area contributed by atoms with E-state index in [2.05, 4.69) is 16.8 Å². The summed E-state index contributed by atoms with van der Waals surface area (Å²) in [5.74, 6) is 0.612. The number of nitrogens with zero attached hydrogens (tertiary/aromatic N) is 2. The number of rotatable bonds is 3.